The van der Waals surface area contributed by atoms with Gasteiger partial charge in [-0.05, 0) is 18.8 Å². The maximum atomic E-state index is 12.2. The molecule has 1 aromatic rings. The molecule has 0 radical (unpaired) electrons. The van der Waals surface area contributed by atoms with E-state index in [1.165, 1.54) is 32.1 Å². The number of hydrogen-bond donors (Lipinski definition) is 2. The Morgan fingerprint density at radius 3 is 2.88 bits per heavy atom. The highest BCUT2D eigenvalue weighted by molar-refractivity contribution is 5.85. The molecule has 3 rings (SSSR count). The molecule has 1 saturated heterocycles. The highest BCUT2D eigenvalue weighted by atomic mass is 35.5. The van der Waals surface area contributed by atoms with Crippen molar-refractivity contribution >= 4 is 18.3 Å². The zero-order valence-corrected chi connectivity index (χ0v) is 16.1. The molecule has 1 amide bonds. The van der Waals surface area contributed by atoms with E-state index in [0.717, 1.165) is 38.5 Å². The Balaban J connectivity index is 0.00000225. The van der Waals surface area contributed by atoms with Crippen molar-refractivity contribution in [2.75, 3.05) is 32.7 Å². The molecule has 7 heteroatoms. The van der Waals surface area contributed by atoms with E-state index < -0.39 is 0 Å². The first-order valence-corrected chi connectivity index (χ1v) is 9.42. The van der Waals surface area contributed by atoms with Gasteiger partial charge < -0.3 is 15.2 Å². The molecule has 6 nitrogen and oxygen atoms in total. The van der Waals surface area contributed by atoms with Crippen LogP contribution in [0.5, 0.6) is 0 Å². The lowest BCUT2D eigenvalue weighted by Crippen LogP contribution is -2.47. The van der Waals surface area contributed by atoms with Crippen LogP contribution in [-0.2, 0) is 11.8 Å². The second-order valence-corrected chi connectivity index (χ2v) is 7.21. The van der Waals surface area contributed by atoms with Crippen LogP contribution in [-0.4, -0.2) is 53.1 Å². The lowest BCUT2D eigenvalue weighted by Gasteiger charge is -2.35. The van der Waals surface area contributed by atoms with Crippen LogP contribution in [0.25, 0.3) is 0 Å². The van der Waals surface area contributed by atoms with Gasteiger partial charge in [0.25, 0.3) is 0 Å². The number of carbonyl (C=O) groups is 1. The molecule has 1 atom stereocenters. The Labute approximate surface area is 157 Å². The summed E-state index contributed by atoms with van der Waals surface area (Å²) < 4.78 is 2.08. The van der Waals surface area contributed by atoms with Crippen LogP contribution in [0.3, 0.4) is 0 Å². The molecule has 1 aromatic heterocycles. The van der Waals surface area contributed by atoms with E-state index in [1.54, 1.807) is 0 Å². The fraction of sp³-hybridized carbons (Fsp3) is 0.778. The number of aryl methyl sites for hydroxylation is 1. The van der Waals surface area contributed by atoms with Gasteiger partial charge in [-0.15, -0.1) is 12.4 Å². The lowest BCUT2D eigenvalue weighted by atomic mass is 9.89. The lowest BCUT2D eigenvalue weighted by molar-refractivity contribution is -0.121. The van der Waals surface area contributed by atoms with Crippen LogP contribution in [0.1, 0.15) is 50.4 Å². The summed E-state index contributed by atoms with van der Waals surface area (Å²) in [6.07, 6.45) is 11.0. The molecular weight excluding hydrogens is 338 g/mol. The number of piperazine rings is 1. The number of imidazole rings is 1. The number of amides is 1. The van der Waals surface area contributed by atoms with Gasteiger partial charge in [0.15, 0.2) is 0 Å². The highest BCUT2D eigenvalue weighted by Gasteiger charge is 2.26. The Kier molecular flexibility index (Phi) is 8.19. The summed E-state index contributed by atoms with van der Waals surface area (Å²) in [6, 6.07) is 0.255. The quantitative estimate of drug-likeness (QED) is 0.803. The van der Waals surface area contributed by atoms with Gasteiger partial charge in [0.05, 0.1) is 6.04 Å². The van der Waals surface area contributed by atoms with Crippen molar-refractivity contribution in [1.82, 2.24) is 25.1 Å². The average molecular weight is 370 g/mol. The Bertz CT molecular complexity index is 529. The van der Waals surface area contributed by atoms with Gasteiger partial charge in [-0.1, -0.05) is 19.3 Å². The van der Waals surface area contributed by atoms with Gasteiger partial charge in [0, 0.05) is 58.6 Å². The smallest absolute Gasteiger partial charge is 0.221 e. The normalized spacial score (nSPS) is 22.4. The van der Waals surface area contributed by atoms with Gasteiger partial charge in [-0.25, -0.2) is 4.98 Å². The molecule has 2 aliphatic rings. The molecule has 2 heterocycles. The zero-order valence-electron chi connectivity index (χ0n) is 15.2. The predicted octanol–water partition coefficient (Wildman–Crippen LogP) is 1.87. The van der Waals surface area contributed by atoms with Gasteiger partial charge in [-0.3, -0.25) is 9.69 Å². The number of rotatable bonds is 6. The van der Waals surface area contributed by atoms with E-state index in [4.69, 9.17) is 0 Å². The van der Waals surface area contributed by atoms with Crippen LogP contribution < -0.4 is 10.6 Å². The highest BCUT2D eigenvalue weighted by Crippen LogP contribution is 2.23. The molecule has 1 aliphatic heterocycles. The molecule has 1 unspecified atom stereocenters. The van der Waals surface area contributed by atoms with Crippen molar-refractivity contribution in [3.63, 3.8) is 0 Å². The minimum Gasteiger partial charge on any atom is -0.356 e. The Morgan fingerprint density at radius 2 is 2.16 bits per heavy atom. The van der Waals surface area contributed by atoms with Crippen LogP contribution in [0.15, 0.2) is 12.4 Å². The first-order chi connectivity index (χ1) is 11.7. The van der Waals surface area contributed by atoms with Crippen molar-refractivity contribution in [2.24, 2.45) is 13.0 Å². The van der Waals surface area contributed by atoms with Crippen molar-refractivity contribution < 1.29 is 4.79 Å². The fourth-order valence-electron chi connectivity index (χ4n) is 3.95. The summed E-state index contributed by atoms with van der Waals surface area (Å²) in [5, 5.41) is 6.59. The third-order valence-electron chi connectivity index (χ3n) is 5.45. The zero-order chi connectivity index (χ0) is 16.8. The van der Waals surface area contributed by atoms with Crippen LogP contribution >= 0.6 is 12.4 Å². The minimum atomic E-state index is 0. The average Bonchev–Trinajstić information content (AvgIpc) is 3.05. The number of aromatic nitrogens is 2. The van der Waals surface area contributed by atoms with Gasteiger partial charge in [0.1, 0.15) is 5.82 Å². The standard InChI is InChI=1S/C18H31N5O.ClH/c1-22-11-9-20-18(22)16-14-19-8-12-23(16)10-7-17(24)21-13-15-5-3-2-4-6-15;/h9,11,15-16,19H,2-8,10,12-14H2,1H3,(H,21,24);1H. The Morgan fingerprint density at radius 1 is 1.36 bits per heavy atom. The maximum absolute atomic E-state index is 12.2. The fourth-order valence-corrected chi connectivity index (χ4v) is 3.95. The van der Waals surface area contributed by atoms with Crippen molar-refractivity contribution in [3.8, 4) is 0 Å². The Hall–Kier alpha value is -1.11. The van der Waals surface area contributed by atoms with Crippen LogP contribution in [0, 0.1) is 5.92 Å². The number of nitrogens with one attached hydrogen (secondary N) is 2. The monoisotopic (exact) mass is 369 g/mol. The molecular formula is C18H32ClN5O. The third-order valence-corrected chi connectivity index (χ3v) is 5.45. The second kappa shape index (κ2) is 10.1. The minimum absolute atomic E-state index is 0. The number of hydrogen-bond acceptors (Lipinski definition) is 4. The SMILES string of the molecule is Cl.Cn1ccnc1C1CNCCN1CCC(=O)NCC1CCCCC1. The second-order valence-electron chi connectivity index (χ2n) is 7.21. The molecule has 25 heavy (non-hydrogen) atoms. The summed E-state index contributed by atoms with van der Waals surface area (Å²) in [7, 11) is 2.03. The summed E-state index contributed by atoms with van der Waals surface area (Å²) in [6.45, 7) is 4.51. The van der Waals surface area contributed by atoms with E-state index in [2.05, 4.69) is 25.1 Å². The molecule has 0 bridgehead atoms. The van der Waals surface area contributed by atoms with E-state index in [1.807, 2.05) is 19.4 Å². The summed E-state index contributed by atoms with van der Waals surface area (Å²) in [5.41, 5.74) is 0. The summed E-state index contributed by atoms with van der Waals surface area (Å²) >= 11 is 0. The largest absolute Gasteiger partial charge is 0.356 e. The maximum Gasteiger partial charge on any atom is 0.221 e. The molecule has 1 saturated carbocycles. The topological polar surface area (TPSA) is 62.2 Å². The van der Waals surface area contributed by atoms with Crippen molar-refractivity contribution in [2.45, 2.75) is 44.6 Å². The van der Waals surface area contributed by atoms with Crippen LogP contribution in [0.4, 0.5) is 0 Å². The molecule has 142 valence electrons. The molecule has 2 N–H and O–H groups in total. The van der Waals surface area contributed by atoms with E-state index >= 15 is 0 Å². The number of halogens is 1. The molecule has 0 aromatic carbocycles. The number of nitrogens with zero attached hydrogens (tertiary/aromatic N) is 3. The molecule has 2 fully saturated rings. The van der Waals surface area contributed by atoms with Gasteiger partial charge in [-0.2, -0.15) is 0 Å². The van der Waals surface area contributed by atoms with Crippen molar-refractivity contribution in [3.05, 3.63) is 18.2 Å². The third kappa shape index (κ3) is 5.69. The first kappa shape index (κ1) is 20.2. The van der Waals surface area contributed by atoms with Crippen molar-refractivity contribution in [1.29, 1.82) is 0 Å². The van der Waals surface area contributed by atoms with E-state index in [0.29, 0.717) is 12.3 Å². The molecule has 0 spiro atoms. The number of carbonyl (C=O) groups excluding carboxylic acids is 1. The van der Waals surface area contributed by atoms with Crippen LogP contribution in [0.2, 0.25) is 0 Å². The van der Waals surface area contributed by atoms with Gasteiger partial charge in [0.2, 0.25) is 5.91 Å². The van der Waals surface area contributed by atoms with E-state index in [9.17, 15) is 4.79 Å². The predicted molar refractivity (Wildman–Crippen MR) is 102 cm³/mol. The summed E-state index contributed by atoms with van der Waals surface area (Å²) in [5.74, 6) is 1.96. The van der Waals surface area contributed by atoms with Gasteiger partial charge >= 0.3 is 0 Å². The first-order valence-electron chi connectivity index (χ1n) is 9.42. The molecule has 1 aliphatic carbocycles. The summed E-state index contributed by atoms with van der Waals surface area (Å²) in [4.78, 5) is 19.1. The van der Waals surface area contributed by atoms with E-state index in [-0.39, 0.29) is 24.4 Å².